The minimum Gasteiger partial charge on any atom is -0.356 e. The van der Waals surface area contributed by atoms with Gasteiger partial charge in [-0.3, -0.25) is 9.71 Å². The van der Waals surface area contributed by atoms with Crippen molar-refractivity contribution >= 4 is 23.0 Å². The van der Waals surface area contributed by atoms with Crippen LogP contribution in [0.2, 0.25) is 0 Å². The SMILES string of the molecule is CCOCOCCNSc1ccc(CCn2c(C)nc3ccncc32)cc1. The van der Waals surface area contributed by atoms with Crippen LogP contribution in [-0.2, 0) is 22.4 Å². The zero-order chi connectivity index (χ0) is 18.9. The standard InChI is InChI=1S/C20H26N4O2S/c1-3-25-15-26-13-11-22-27-18-6-4-17(5-7-18)9-12-24-16(2)23-19-8-10-21-14-20(19)24/h4-8,10,14,22H,3,9,11-13,15H2,1-2H3. The first-order valence-electron chi connectivity index (χ1n) is 9.19. The van der Waals surface area contributed by atoms with Crippen molar-refractivity contribution in [1.82, 2.24) is 19.3 Å². The van der Waals surface area contributed by atoms with E-state index in [1.165, 1.54) is 10.5 Å². The maximum absolute atomic E-state index is 5.33. The predicted molar refractivity (Wildman–Crippen MR) is 109 cm³/mol. The fraction of sp³-hybridized carbons (Fsp3) is 0.400. The van der Waals surface area contributed by atoms with E-state index in [9.17, 15) is 0 Å². The molecule has 0 saturated heterocycles. The van der Waals surface area contributed by atoms with Crippen LogP contribution >= 0.6 is 11.9 Å². The van der Waals surface area contributed by atoms with Gasteiger partial charge in [0.25, 0.3) is 0 Å². The quantitative estimate of drug-likeness (QED) is 0.309. The summed E-state index contributed by atoms with van der Waals surface area (Å²) in [6.45, 7) is 7.36. The second-order valence-electron chi connectivity index (χ2n) is 6.08. The number of hydrogen-bond donors (Lipinski definition) is 1. The van der Waals surface area contributed by atoms with E-state index in [-0.39, 0.29) is 0 Å². The second kappa shape index (κ2) is 10.4. The van der Waals surface area contributed by atoms with E-state index < -0.39 is 0 Å². The third kappa shape index (κ3) is 5.77. The molecule has 0 fully saturated rings. The molecule has 0 radical (unpaired) electrons. The lowest BCUT2D eigenvalue weighted by Crippen LogP contribution is -2.13. The van der Waals surface area contributed by atoms with Crippen LogP contribution in [0.5, 0.6) is 0 Å². The Hall–Kier alpha value is -1.93. The van der Waals surface area contributed by atoms with Crippen LogP contribution < -0.4 is 4.72 Å². The molecular formula is C20H26N4O2S. The lowest BCUT2D eigenvalue weighted by molar-refractivity contribution is -0.0469. The van der Waals surface area contributed by atoms with Gasteiger partial charge in [0.15, 0.2) is 0 Å². The number of nitrogens with one attached hydrogen (secondary N) is 1. The van der Waals surface area contributed by atoms with Gasteiger partial charge in [-0.2, -0.15) is 0 Å². The van der Waals surface area contributed by atoms with Gasteiger partial charge in [-0.15, -0.1) is 0 Å². The Morgan fingerprint density at radius 2 is 2.00 bits per heavy atom. The van der Waals surface area contributed by atoms with E-state index in [4.69, 9.17) is 9.47 Å². The van der Waals surface area contributed by atoms with Crippen molar-refractivity contribution in [3.8, 4) is 0 Å². The minimum absolute atomic E-state index is 0.360. The molecule has 1 aromatic carbocycles. The van der Waals surface area contributed by atoms with Crippen molar-refractivity contribution in [3.63, 3.8) is 0 Å². The highest BCUT2D eigenvalue weighted by molar-refractivity contribution is 7.97. The molecule has 0 spiro atoms. The Morgan fingerprint density at radius 1 is 1.15 bits per heavy atom. The summed E-state index contributed by atoms with van der Waals surface area (Å²) in [5, 5.41) is 0. The van der Waals surface area contributed by atoms with Gasteiger partial charge in [-0.05, 0) is 56.0 Å². The third-order valence-corrected chi connectivity index (χ3v) is 5.05. The highest BCUT2D eigenvalue weighted by Gasteiger charge is 2.07. The topological polar surface area (TPSA) is 61.2 Å². The summed E-state index contributed by atoms with van der Waals surface area (Å²) in [5.74, 6) is 1.03. The summed E-state index contributed by atoms with van der Waals surface area (Å²) in [5.41, 5.74) is 3.41. The van der Waals surface area contributed by atoms with E-state index >= 15 is 0 Å². The third-order valence-electron chi connectivity index (χ3n) is 4.20. The molecule has 0 atom stereocenters. The molecule has 3 aromatic rings. The van der Waals surface area contributed by atoms with Crippen LogP contribution in [-0.4, -0.2) is 41.1 Å². The molecule has 6 nitrogen and oxygen atoms in total. The van der Waals surface area contributed by atoms with E-state index in [0.717, 1.165) is 36.4 Å². The Labute approximate surface area is 164 Å². The minimum atomic E-state index is 0.360. The molecule has 0 unspecified atom stereocenters. The molecule has 0 bridgehead atoms. The zero-order valence-electron chi connectivity index (χ0n) is 15.9. The zero-order valence-corrected chi connectivity index (χ0v) is 16.7. The molecular weight excluding hydrogens is 360 g/mol. The van der Waals surface area contributed by atoms with E-state index in [2.05, 4.69) is 43.5 Å². The van der Waals surface area contributed by atoms with Gasteiger partial charge in [0.2, 0.25) is 0 Å². The van der Waals surface area contributed by atoms with Crippen LogP contribution in [0.1, 0.15) is 18.3 Å². The molecule has 0 aliphatic heterocycles. The molecule has 3 rings (SSSR count). The monoisotopic (exact) mass is 386 g/mol. The summed E-state index contributed by atoms with van der Waals surface area (Å²) in [4.78, 5) is 10.0. The average molecular weight is 387 g/mol. The fourth-order valence-corrected chi connectivity index (χ4v) is 3.41. The van der Waals surface area contributed by atoms with Crippen molar-refractivity contribution in [2.24, 2.45) is 0 Å². The summed E-state index contributed by atoms with van der Waals surface area (Å²) in [7, 11) is 0. The first-order valence-corrected chi connectivity index (χ1v) is 10.0. The van der Waals surface area contributed by atoms with Crippen molar-refractivity contribution in [3.05, 3.63) is 54.1 Å². The first kappa shape index (κ1) is 19.8. The Bertz CT molecular complexity index is 836. The molecule has 1 N–H and O–H groups in total. The lowest BCUT2D eigenvalue weighted by atomic mass is 10.1. The number of nitrogens with zero attached hydrogens (tertiary/aromatic N) is 3. The number of aromatic nitrogens is 3. The van der Waals surface area contributed by atoms with Gasteiger partial charge in [0.1, 0.15) is 12.6 Å². The maximum Gasteiger partial charge on any atom is 0.146 e. The molecule has 0 saturated carbocycles. The molecule has 27 heavy (non-hydrogen) atoms. The highest BCUT2D eigenvalue weighted by Crippen LogP contribution is 2.18. The molecule has 144 valence electrons. The van der Waals surface area contributed by atoms with Gasteiger partial charge < -0.3 is 14.0 Å². The van der Waals surface area contributed by atoms with Crippen LogP contribution in [0.3, 0.4) is 0 Å². The van der Waals surface area contributed by atoms with E-state index in [1.807, 2.05) is 26.1 Å². The molecule has 7 heteroatoms. The normalized spacial score (nSPS) is 11.3. The Kier molecular flexibility index (Phi) is 7.65. The largest absolute Gasteiger partial charge is 0.356 e. The number of aryl methyl sites for hydroxylation is 3. The van der Waals surface area contributed by atoms with Gasteiger partial charge in [-0.25, -0.2) is 4.98 Å². The van der Waals surface area contributed by atoms with Crippen LogP contribution in [0.4, 0.5) is 0 Å². The first-order chi connectivity index (χ1) is 13.3. The van der Waals surface area contributed by atoms with Crippen LogP contribution in [0, 0.1) is 6.92 Å². The number of fused-ring (bicyclic) bond motifs is 1. The maximum atomic E-state index is 5.33. The van der Waals surface area contributed by atoms with Gasteiger partial charge in [0.05, 0.1) is 23.8 Å². The Balaban J connectivity index is 1.44. The van der Waals surface area contributed by atoms with Crippen molar-refractivity contribution in [2.75, 3.05) is 26.6 Å². The van der Waals surface area contributed by atoms with Crippen molar-refractivity contribution in [1.29, 1.82) is 0 Å². The molecule has 2 heterocycles. The number of ether oxygens (including phenoxy) is 2. The fourth-order valence-electron chi connectivity index (χ4n) is 2.79. The summed E-state index contributed by atoms with van der Waals surface area (Å²) in [6, 6.07) is 10.6. The van der Waals surface area contributed by atoms with Crippen molar-refractivity contribution in [2.45, 2.75) is 31.7 Å². The van der Waals surface area contributed by atoms with Crippen LogP contribution in [0.25, 0.3) is 11.0 Å². The lowest BCUT2D eigenvalue weighted by Gasteiger charge is -2.08. The number of imidazole rings is 1. The number of benzene rings is 1. The van der Waals surface area contributed by atoms with Gasteiger partial charge in [-0.1, -0.05) is 12.1 Å². The van der Waals surface area contributed by atoms with E-state index in [0.29, 0.717) is 20.0 Å². The average Bonchev–Trinajstić information content (AvgIpc) is 3.01. The summed E-state index contributed by atoms with van der Waals surface area (Å²) >= 11 is 1.62. The van der Waals surface area contributed by atoms with Crippen molar-refractivity contribution < 1.29 is 9.47 Å². The molecule has 0 aliphatic carbocycles. The highest BCUT2D eigenvalue weighted by atomic mass is 32.2. The van der Waals surface area contributed by atoms with E-state index in [1.54, 1.807) is 18.1 Å². The summed E-state index contributed by atoms with van der Waals surface area (Å²) in [6.07, 6.45) is 4.64. The predicted octanol–water partition coefficient (Wildman–Crippen LogP) is 3.59. The number of rotatable bonds is 11. The second-order valence-corrected chi connectivity index (χ2v) is 7.05. The number of pyridine rings is 1. The Morgan fingerprint density at radius 3 is 2.81 bits per heavy atom. The van der Waals surface area contributed by atoms with Gasteiger partial charge in [0, 0.05) is 30.8 Å². The smallest absolute Gasteiger partial charge is 0.146 e. The summed E-state index contributed by atoms with van der Waals surface area (Å²) < 4.78 is 16.0. The van der Waals surface area contributed by atoms with Gasteiger partial charge >= 0.3 is 0 Å². The molecule has 2 aromatic heterocycles. The molecule has 0 aliphatic rings. The molecule has 0 amide bonds. The number of hydrogen-bond acceptors (Lipinski definition) is 6. The van der Waals surface area contributed by atoms with Crippen LogP contribution in [0.15, 0.2) is 47.6 Å².